The van der Waals surface area contributed by atoms with Gasteiger partial charge in [-0.05, 0) is 37.0 Å². The van der Waals surface area contributed by atoms with E-state index in [1.54, 1.807) is 0 Å². The first kappa shape index (κ1) is 10.9. The molecule has 1 aromatic carbocycles. The van der Waals surface area contributed by atoms with Crippen LogP contribution in [0.15, 0.2) is 22.7 Å². The maximum absolute atomic E-state index is 11.9. The van der Waals surface area contributed by atoms with E-state index in [0.717, 1.165) is 27.9 Å². The fraction of sp³-hybridized carbons (Fsp3) is 0.462. The van der Waals surface area contributed by atoms with E-state index in [4.69, 9.17) is 0 Å². The molecule has 0 heterocycles. The van der Waals surface area contributed by atoms with Crippen molar-refractivity contribution in [2.75, 3.05) is 0 Å². The minimum atomic E-state index is 0.298. The molecule has 15 heavy (non-hydrogen) atoms. The van der Waals surface area contributed by atoms with E-state index in [-0.39, 0.29) is 0 Å². The molecule has 1 saturated carbocycles. The molecule has 2 heteroatoms. The molecule has 0 aliphatic heterocycles. The molecular formula is C13H15BrO. The molecule has 0 bridgehead atoms. The van der Waals surface area contributed by atoms with Crippen LogP contribution < -0.4 is 0 Å². The topological polar surface area (TPSA) is 17.1 Å². The molecule has 0 atom stereocenters. The van der Waals surface area contributed by atoms with Gasteiger partial charge in [-0.25, -0.2) is 0 Å². The number of Topliss-reactive ketones (excluding diaryl/α,β-unsaturated/α-hetero) is 1. The van der Waals surface area contributed by atoms with Gasteiger partial charge in [0.1, 0.15) is 0 Å². The van der Waals surface area contributed by atoms with Gasteiger partial charge in [-0.3, -0.25) is 4.79 Å². The SMILES string of the molecule is Cc1cc(Br)ccc1C(=O)CCC1CC1. The van der Waals surface area contributed by atoms with E-state index < -0.39 is 0 Å². The second-order valence-electron chi connectivity index (χ2n) is 4.36. The van der Waals surface area contributed by atoms with Crippen molar-refractivity contribution in [2.45, 2.75) is 32.6 Å². The number of halogens is 1. The number of carbonyl (C=O) groups is 1. The highest BCUT2D eigenvalue weighted by atomic mass is 79.9. The highest BCUT2D eigenvalue weighted by Gasteiger charge is 2.22. The van der Waals surface area contributed by atoms with Gasteiger partial charge >= 0.3 is 0 Å². The Bertz CT molecular complexity index is 380. The number of ketones is 1. The minimum absolute atomic E-state index is 0.298. The van der Waals surface area contributed by atoms with Crippen LogP contribution in [0.25, 0.3) is 0 Å². The van der Waals surface area contributed by atoms with Gasteiger partial charge in [0.2, 0.25) is 0 Å². The molecule has 1 aliphatic rings. The number of carbonyl (C=O) groups excluding carboxylic acids is 1. The van der Waals surface area contributed by atoms with Crippen LogP contribution in [-0.2, 0) is 0 Å². The van der Waals surface area contributed by atoms with Gasteiger partial charge in [0.15, 0.2) is 5.78 Å². The van der Waals surface area contributed by atoms with Crippen molar-refractivity contribution < 1.29 is 4.79 Å². The largest absolute Gasteiger partial charge is 0.294 e. The van der Waals surface area contributed by atoms with Crippen molar-refractivity contribution >= 4 is 21.7 Å². The summed E-state index contributed by atoms with van der Waals surface area (Å²) in [6.07, 6.45) is 4.45. The van der Waals surface area contributed by atoms with Crippen LogP contribution in [0, 0.1) is 12.8 Å². The predicted octanol–water partition coefficient (Wildman–Crippen LogP) is 4.13. The van der Waals surface area contributed by atoms with Crippen molar-refractivity contribution in [1.82, 2.24) is 0 Å². The molecule has 0 unspecified atom stereocenters. The molecule has 2 rings (SSSR count). The lowest BCUT2D eigenvalue weighted by molar-refractivity contribution is 0.0977. The minimum Gasteiger partial charge on any atom is -0.294 e. The zero-order valence-corrected chi connectivity index (χ0v) is 10.5. The lowest BCUT2D eigenvalue weighted by Gasteiger charge is -2.04. The average molecular weight is 267 g/mol. The summed E-state index contributed by atoms with van der Waals surface area (Å²) in [5.74, 6) is 1.14. The molecule has 80 valence electrons. The number of rotatable bonds is 4. The van der Waals surface area contributed by atoms with Crippen molar-refractivity contribution in [3.63, 3.8) is 0 Å². The molecule has 0 N–H and O–H groups in total. The first-order valence-electron chi connectivity index (χ1n) is 5.46. The van der Waals surface area contributed by atoms with Crippen molar-refractivity contribution in [1.29, 1.82) is 0 Å². The highest BCUT2D eigenvalue weighted by Crippen LogP contribution is 2.34. The van der Waals surface area contributed by atoms with Crippen LogP contribution >= 0.6 is 15.9 Å². The molecule has 0 radical (unpaired) electrons. The number of aryl methyl sites for hydroxylation is 1. The Morgan fingerprint density at radius 3 is 2.80 bits per heavy atom. The second kappa shape index (κ2) is 4.48. The van der Waals surface area contributed by atoms with E-state index in [1.165, 1.54) is 12.8 Å². The van der Waals surface area contributed by atoms with Crippen LogP contribution in [0.3, 0.4) is 0 Å². The second-order valence-corrected chi connectivity index (χ2v) is 5.28. The Morgan fingerprint density at radius 2 is 2.20 bits per heavy atom. The maximum Gasteiger partial charge on any atom is 0.163 e. The molecule has 0 amide bonds. The van der Waals surface area contributed by atoms with Gasteiger partial charge in [0.05, 0.1) is 0 Å². The van der Waals surface area contributed by atoms with E-state index in [2.05, 4.69) is 15.9 Å². The Hall–Kier alpha value is -0.630. The Kier molecular flexibility index (Phi) is 3.25. The molecule has 1 fully saturated rings. The third-order valence-corrected chi connectivity index (χ3v) is 3.46. The van der Waals surface area contributed by atoms with E-state index in [1.807, 2.05) is 25.1 Å². The fourth-order valence-electron chi connectivity index (χ4n) is 1.82. The van der Waals surface area contributed by atoms with Crippen LogP contribution in [0.2, 0.25) is 0 Å². The number of hydrogen-bond acceptors (Lipinski definition) is 1. The summed E-state index contributed by atoms with van der Waals surface area (Å²) in [4.78, 5) is 11.9. The summed E-state index contributed by atoms with van der Waals surface area (Å²) in [6.45, 7) is 2.00. The van der Waals surface area contributed by atoms with Crippen LogP contribution in [-0.4, -0.2) is 5.78 Å². The van der Waals surface area contributed by atoms with Crippen molar-refractivity contribution in [2.24, 2.45) is 5.92 Å². The first-order valence-corrected chi connectivity index (χ1v) is 6.25. The summed E-state index contributed by atoms with van der Waals surface area (Å²) in [7, 11) is 0. The molecule has 0 spiro atoms. The van der Waals surface area contributed by atoms with Crippen molar-refractivity contribution in [3.05, 3.63) is 33.8 Å². The molecule has 1 aliphatic carbocycles. The molecule has 0 saturated heterocycles. The number of hydrogen-bond donors (Lipinski definition) is 0. The number of benzene rings is 1. The highest BCUT2D eigenvalue weighted by molar-refractivity contribution is 9.10. The van der Waals surface area contributed by atoms with Crippen LogP contribution in [0.1, 0.15) is 41.6 Å². The van der Waals surface area contributed by atoms with Crippen molar-refractivity contribution in [3.8, 4) is 0 Å². The summed E-state index contributed by atoms with van der Waals surface area (Å²) in [5, 5.41) is 0. The molecular weight excluding hydrogens is 252 g/mol. The predicted molar refractivity (Wildman–Crippen MR) is 65.2 cm³/mol. The molecule has 0 aromatic heterocycles. The van der Waals surface area contributed by atoms with Gasteiger partial charge in [-0.1, -0.05) is 34.8 Å². The normalized spacial score (nSPS) is 15.3. The summed E-state index contributed by atoms with van der Waals surface area (Å²) in [6, 6.07) is 5.87. The first-order chi connectivity index (χ1) is 7.16. The standard InChI is InChI=1S/C13H15BrO/c1-9-8-11(14)5-6-12(9)13(15)7-4-10-2-3-10/h5-6,8,10H,2-4,7H2,1H3. The maximum atomic E-state index is 11.9. The van der Waals surface area contributed by atoms with Crippen LogP contribution in [0.4, 0.5) is 0 Å². The fourth-order valence-corrected chi connectivity index (χ4v) is 2.29. The smallest absolute Gasteiger partial charge is 0.163 e. The van der Waals surface area contributed by atoms with Gasteiger partial charge in [0, 0.05) is 16.5 Å². The molecule has 1 aromatic rings. The average Bonchev–Trinajstić information content (AvgIpc) is 2.97. The lowest BCUT2D eigenvalue weighted by Crippen LogP contribution is -2.01. The van der Waals surface area contributed by atoms with E-state index >= 15 is 0 Å². The Labute approximate surface area is 99.0 Å². The van der Waals surface area contributed by atoms with Crippen LogP contribution in [0.5, 0.6) is 0 Å². The van der Waals surface area contributed by atoms with E-state index in [9.17, 15) is 4.79 Å². The molecule has 1 nitrogen and oxygen atoms in total. The summed E-state index contributed by atoms with van der Waals surface area (Å²) < 4.78 is 1.04. The monoisotopic (exact) mass is 266 g/mol. The van der Waals surface area contributed by atoms with E-state index in [0.29, 0.717) is 12.2 Å². The van der Waals surface area contributed by atoms with Gasteiger partial charge < -0.3 is 0 Å². The zero-order valence-electron chi connectivity index (χ0n) is 8.92. The summed E-state index contributed by atoms with van der Waals surface area (Å²) in [5.41, 5.74) is 1.96. The summed E-state index contributed by atoms with van der Waals surface area (Å²) >= 11 is 3.41. The Morgan fingerprint density at radius 1 is 1.47 bits per heavy atom. The Balaban J connectivity index is 2.03. The zero-order chi connectivity index (χ0) is 10.8. The lowest BCUT2D eigenvalue weighted by atomic mass is 10.0. The van der Waals surface area contributed by atoms with Gasteiger partial charge in [-0.15, -0.1) is 0 Å². The van der Waals surface area contributed by atoms with Gasteiger partial charge in [0.25, 0.3) is 0 Å². The van der Waals surface area contributed by atoms with Gasteiger partial charge in [-0.2, -0.15) is 0 Å². The quantitative estimate of drug-likeness (QED) is 0.749. The third kappa shape index (κ3) is 2.91. The third-order valence-electron chi connectivity index (χ3n) is 2.97.